The Balaban J connectivity index is 1.89. The molecule has 0 aliphatic carbocycles. The van der Waals surface area contributed by atoms with Crippen LogP contribution in [0.3, 0.4) is 0 Å². The number of anilines is 2. The average molecular weight is 396 g/mol. The van der Waals surface area contributed by atoms with Gasteiger partial charge in [-0.3, -0.25) is 10.1 Å². The number of nitrogens with zero attached hydrogens (tertiary/aromatic N) is 2. The number of unbranched alkanes of at least 4 members (excludes halogenated alkanes) is 1. The van der Waals surface area contributed by atoms with Crippen molar-refractivity contribution in [3.8, 4) is 5.75 Å². The van der Waals surface area contributed by atoms with Gasteiger partial charge in [-0.1, -0.05) is 42.9 Å². The molecule has 1 aromatic heterocycles. The summed E-state index contributed by atoms with van der Waals surface area (Å²) in [5.74, 6) is -0.178. The van der Waals surface area contributed by atoms with Crippen LogP contribution in [0.4, 0.5) is 15.6 Å². The summed E-state index contributed by atoms with van der Waals surface area (Å²) in [5, 5.41) is 22.1. The number of carbonyl (C=O) groups excluding carboxylic acids is 1. The van der Waals surface area contributed by atoms with E-state index in [1.54, 1.807) is 31.4 Å². The highest BCUT2D eigenvalue weighted by Gasteiger charge is 2.21. The predicted octanol–water partition coefficient (Wildman–Crippen LogP) is 3.93. The van der Waals surface area contributed by atoms with E-state index in [0.717, 1.165) is 35.9 Å². The molecule has 8 nitrogen and oxygen atoms in total. The van der Waals surface area contributed by atoms with E-state index >= 15 is 0 Å². The van der Waals surface area contributed by atoms with Gasteiger partial charge in [0.05, 0.1) is 7.11 Å². The normalized spacial score (nSPS) is 11.6. The average Bonchev–Trinajstić information content (AvgIpc) is 3.05. The van der Waals surface area contributed by atoms with Crippen LogP contribution in [0, 0.1) is 0 Å². The van der Waals surface area contributed by atoms with Crippen molar-refractivity contribution in [3.63, 3.8) is 0 Å². The third-order valence-corrected chi connectivity index (χ3v) is 5.49. The smallest absolute Gasteiger partial charge is 0.325 e. The van der Waals surface area contributed by atoms with E-state index in [1.807, 2.05) is 6.92 Å². The molecule has 0 spiro atoms. The zero-order valence-electron chi connectivity index (χ0n) is 14.4. The molecule has 0 saturated carbocycles. The number of carbonyl (C=O) groups is 2. The van der Waals surface area contributed by atoms with Crippen molar-refractivity contribution in [3.05, 3.63) is 24.3 Å². The summed E-state index contributed by atoms with van der Waals surface area (Å²) < 4.78 is 5.56. The third-order valence-electron chi connectivity index (χ3n) is 3.31. The molecule has 3 N–H and O–H groups in total. The molecule has 1 aromatic carbocycles. The maximum Gasteiger partial charge on any atom is 0.325 e. The lowest BCUT2D eigenvalue weighted by molar-refractivity contribution is -0.136. The molecule has 0 radical (unpaired) electrons. The summed E-state index contributed by atoms with van der Waals surface area (Å²) in [5.41, 5.74) is 0.605. The fraction of sp³-hybridized carbons (Fsp3) is 0.375. The Hall–Kier alpha value is -2.33. The first-order valence-electron chi connectivity index (χ1n) is 7.96. The minimum Gasteiger partial charge on any atom is -0.497 e. The summed E-state index contributed by atoms with van der Waals surface area (Å²) >= 11 is 2.30. The number of carboxylic acids is 1. The number of ether oxygens (including phenoxy) is 1. The SMILES string of the molecule is CCCC[C@H](Sc1nnc(NC(=O)Nc2ccc(OC)cc2)s1)C(=O)O. The van der Waals surface area contributed by atoms with E-state index in [-0.39, 0.29) is 0 Å². The van der Waals surface area contributed by atoms with Gasteiger partial charge < -0.3 is 15.2 Å². The first-order chi connectivity index (χ1) is 12.5. The van der Waals surface area contributed by atoms with Crippen molar-refractivity contribution in [1.29, 1.82) is 0 Å². The highest BCUT2D eigenvalue weighted by molar-refractivity contribution is 8.02. The number of thioether (sulfide) groups is 1. The van der Waals surface area contributed by atoms with Gasteiger partial charge in [0.1, 0.15) is 11.0 Å². The number of amides is 2. The molecule has 1 atom stereocenters. The molecule has 0 unspecified atom stereocenters. The molecule has 0 saturated heterocycles. The molecule has 140 valence electrons. The summed E-state index contributed by atoms with van der Waals surface area (Å²) in [6.45, 7) is 2.01. The van der Waals surface area contributed by atoms with E-state index in [4.69, 9.17) is 4.74 Å². The highest BCUT2D eigenvalue weighted by atomic mass is 32.2. The van der Waals surface area contributed by atoms with Crippen molar-refractivity contribution in [2.24, 2.45) is 0 Å². The van der Waals surface area contributed by atoms with Gasteiger partial charge in [0.2, 0.25) is 5.13 Å². The van der Waals surface area contributed by atoms with Crippen LogP contribution < -0.4 is 15.4 Å². The molecule has 0 aliphatic rings. The summed E-state index contributed by atoms with van der Waals surface area (Å²) in [4.78, 5) is 23.3. The fourth-order valence-corrected chi connectivity index (χ4v) is 3.95. The minimum absolute atomic E-state index is 0.304. The van der Waals surface area contributed by atoms with Crippen LogP contribution in [0.5, 0.6) is 5.75 Å². The number of aliphatic carboxylic acids is 1. The van der Waals surface area contributed by atoms with Gasteiger partial charge in [-0.05, 0) is 30.7 Å². The molecule has 10 heteroatoms. The maximum atomic E-state index is 12.0. The number of nitrogens with one attached hydrogen (secondary N) is 2. The molecule has 2 aromatic rings. The molecule has 0 bridgehead atoms. The molecule has 0 aliphatic heterocycles. The van der Waals surface area contributed by atoms with Gasteiger partial charge in [-0.2, -0.15) is 0 Å². The second kappa shape index (κ2) is 9.97. The topological polar surface area (TPSA) is 113 Å². The van der Waals surface area contributed by atoms with Crippen LogP contribution in [0.15, 0.2) is 28.6 Å². The van der Waals surface area contributed by atoms with Crippen LogP contribution >= 0.6 is 23.1 Å². The Morgan fingerprint density at radius 1 is 1.27 bits per heavy atom. The maximum absolute atomic E-state index is 12.0. The zero-order chi connectivity index (χ0) is 18.9. The van der Waals surface area contributed by atoms with Crippen LogP contribution in [-0.4, -0.2) is 39.7 Å². The van der Waals surface area contributed by atoms with Crippen molar-refractivity contribution in [2.45, 2.75) is 35.8 Å². The molecule has 2 amide bonds. The van der Waals surface area contributed by atoms with E-state index in [1.165, 1.54) is 0 Å². The number of carboxylic acid groups (broad SMARTS) is 1. The highest BCUT2D eigenvalue weighted by Crippen LogP contribution is 2.31. The molecular weight excluding hydrogens is 376 g/mol. The molecule has 0 fully saturated rings. The first-order valence-corrected chi connectivity index (χ1v) is 9.66. The largest absolute Gasteiger partial charge is 0.497 e. The Morgan fingerprint density at radius 3 is 2.62 bits per heavy atom. The van der Waals surface area contributed by atoms with Gasteiger partial charge in [-0.25, -0.2) is 4.79 Å². The number of hydrogen-bond donors (Lipinski definition) is 3. The number of benzene rings is 1. The van der Waals surface area contributed by atoms with Crippen molar-refractivity contribution >= 4 is 45.9 Å². The van der Waals surface area contributed by atoms with Crippen LogP contribution in [0.2, 0.25) is 0 Å². The zero-order valence-corrected chi connectivity index (χ0v) is 16.0. The van der Waals surface area contributed by atoms with Crippen molar-refractivity contribution < 1.29 is 19.4 Å². The van der Waals surface area contributed by atoms with E-state index in [2.05, 4.69) is 20.8 Å². The van der Waals surface area contributed by atoms with Gasteiger partial charge in [0.25, 0.3) is 0 Å². The van der Waals surface area contributed by atoms with Gasteiger partial charge in [-0.15, -0.1) is 10.2 Å². The van der Waals surface area contributed by atoms with Crippen LogP contribution in [0.1, 0.15) is 26.2 Å². The number of methoxy groups -OCH3 is 1. The van der Waals surface area contributed by atoms with E-state index in [9.17, 15) is 14.7 Å². The van der Waals surface area contributed by atoms with Gasteiger partial charge >= 0.3 is 12.0 Å². The summed E-state index contributed by atoms with van der Waals surface area (Å²) in [6.07, 6.45) is 2.33. The van der Waals surface area contributed by atoms with E-state index < -0.39 is 17.3 Å². The number of aromatic nitrogens is 2. The predicted molar refractivity (Wildman–Crippen MR) is 102 cm³/mol. The van der Waals surface area contributed by atoms with Crippen molar-refractivity contribution in [2.75, 3.05) is 17.7 Å². The Bertz CT molecular complexity index is 736. The van der Waals surface area contributed by atoms with Crippen molar-refractivity contribution in [1.82, 2.24) is 10.2 Å². The van der Waals surface area contributed by atoms with Gasteiger partial charge in [0.15, 0.2) is 4.34 Å². The lowest BCUT2D eigenvalue weighted by Crippen LogP contribution is -2.19. The molecule has 1 heterocycles. The second-order valence-electron chi connectivity index (χ2n) is 5.27. The number of rotatable bonds is 9. The lowest BCUT2D eigenvalue weighted by Gasteiger charge is -2.08. The lowest BCUT2D eigenvalue weighted by atomic mass is 10.2. The number of hydrogen-bond acceptors (Lipinski definition) is 7. The Morgan fingerprint density at radius 2 is 2.00 bits per heavy atom. The number of urea groups is 1. The Labute approximate surface area is 159 Å². The quantitative estimate of drug-likeness (QED) is 0.435. The standard InChI is InChI=1S/C16H20N4O4S2/c1-3-4-5-12(13(21)22)25-16-20-19-15(26-16)18-14(23)17-10-6-8-11(24-2)9-7-10/h6-9,12H,3-5H2,1-2H3,(H,21,22)(H2,17,18,19,23)/t12-/m0/s1. The first kappa shape index (κ1) is 20.0. The molecular formula is C16H20N4O4S2. The Kier molecular flexibility index (Phi) is 7.67. The monoisotopic (exact) mass is 396 g/mol. The minimum atomic E-state index is -0.870. The summed E-state index contributed by atoms with van der Waals surface area (Å²) in [6, 6.07) is 6.44. The molecule has 26 heavy (non-hydrogen) atoms. The second-order valence-corrected chi connectivity index (χ2v) is 7.70. The van der Waals surface area contributed by atoms with Crippen LogP contribution in [0.25, 0.3) is 0 Å². The van der Waals surface area contributed by atoms with Crippen LogP contribution in [-0.2, 0) is 4.79 Å². The molecule has 2 rings (SSSR count). The van der Waals surface area contributed by atoms with Gasteiger partial charge in [0, 0.05) is 5.69 Å². The fourth-order valence-electron chi connectivity index (χ4n) is 1.99. The van der Waals surface area contributed by atoms with E-state index in [0.29, 0.717) is 27.3 Å². The summed E-state index contributed by atoms with van der Waals surface area (Å²) in [7, 11) is 1.57. The third kappa shape index (κ3) is 6.19.